The first kappa shape index (κ1) is 17.7. The summed E-state index contributed by atoms with van der Waals surface area (Å²) in [6, 6.07) is 0.225. The largest absolute Gasteiger partial charge is 0.396 e. The van der Waals surface area contributed by atoms with Gasteiger partial charge >= 0.3 is 0 Å². The van der Waals surface area contributed by atoms with E-state index in [-0.39, 0.29) is 24.5 Å². The van der Waals surface area contributed by atoms with Crippen LogP contribution in [0.15, 0.2) is 0 Å². The number of carbonyl (C=O) groups is 1. The molecule has 0 heterocycles. The van der Waals surface area contributed by atoms with Crippen LogP contribution in [-0.4, -0.2) is 41.7 Å². The molecule has 0 aromatic rings. The first-order valence-corrected chi connectivity index (χ1v) is 7.95. The van der Waals surface area contributed by atoms with Gasteiger partial charge < -0.3 is 16.2 Å². The van der Waals surface area contributed by atoms with Crippen molar-refractivity contribution in [3.8, 4) is 0 Å². The molecule has 2 unspecified atom stereocenters. The summed E-state index contributed by atoms with van der Waals surface area (Å²) in [7, 11) is 0. The van der Waals surface area contributed by atoms with Gasteiger partial charge in [-0.25, -0.2) is 0 Å². The van der Waals surface area contributed by atoms with Crippen molar-refractivity contribution in [3.05, 3.63) is 0 Å². The zero-order chi connectivity index (χ0) is 13.8. The van der Waals surface area contributed by atoms with Crippen molar-refractivity contribution in [2.45, 2.75) is 45.6 Å². The Morgan fingerprint density at radius 1 is 1.28 bits per heavy atom. The van der Waals surface area contributed by atoms with Crippen LogP contribution in [-0.2, 0) is 4.79 Å². The Hall–Kier alpha value is -0.260. The lowest BCUT2D eigenvalue weighted by Gasteiger charge is -2.12. The van der Waals surface area contributed by atoms with Crippen molar-refractivity contribution in [2.24, 2.45) is 11.7 Å². The van der Waals surface area contributed by atoms with Crippen LogP contribution in [0.5, 0.6) is 0 Å². The maximum absolute atomic E-state index is 11.7. The third kappa shape index (κ3) is 10.9. The fourth-order valence-electron chi connectivity index (χ4n) is 1.57. The second-order valence-corrected chi connectivity index (χ2v) is 6.01. The minimum absolute atomic E-state index is 0.0752. The molecular weight excluding hydrogens is 248 g/mol. The van der Waals surface area contributed by atoms with E-state index in [1.807, 2.05) is 13.8 Å². The summed E-state index contributed by atoms with van der Waals surface area (Å²) in [6.07, 6.45) is 3.73. The van der Waals surface area contributed by atoms with Crippen molar-refractivity contribution < 1.29 is 9.90 Å². The quantitative estimate of drug-likeness (QED) is 0.498. The third-order valence-corrected chi connectivity index (χ3v) is 3.81. The topological polar surface area (TPSA) is 75.4 Å². The molecule has 0 fully saturated rings. The number of rotatable bonds is 11. The zero-order valence-corrected chi connectivity index (χ0v) is 12.5. The maximum atomic E-state index is 11.7. The van der Waals surface area contributed by atoms with Crippen molar-refractivity contribution >= 4 is 17.7 Å². The number of carbonyl (C=O) groups excluding carboxylic acids is 1. The van der Waals surface area contributed by atoms with Crippen LogP contribution in [0.1, 0.15) is 39.5 Å². The van der Waals surface area contributed by atoms with E-state index in [0.717, 1.165) is 37.2 Å². The summed E-state index contributed by atoms with van der Waals surface area (Å²) < 4.78 is 0. The van der Waals surface area contributed by atoms with Crippen molar-refractivity contribution in [3.63, 3.8) is 0 Å². The lowest BCUT2D eigenvalue weighted by Crippen LogP contribution is -2.31. The summed E-state index contributed by atoms with van der Waals surface area (Å²) >= 11 is 1.76. The lowest BCUT2D eigenvalue weighted by molar-refractivity contribution is -0.124. The molecule has 0 saturated carbocycles. The van der Waals surface area contributed by atoms with Crippen LogP contribution < -0.4 is 11.1 Å². The summed E-state index contributed by atoms with van der Waals surface area (Å²) in [5.74, 6) is 2.09. The lowest BCUT2D eigenvalue weighted by atomic mass is 10.0. The van der Waals surface area contributed by atoms with Gasteiger partial charge in [-0.05, 0) is 31.9 Å². The summed E-state index contributed by atoms with van der Waals surface area (Å²) in [4.78, 5) is 11.7. The van der Waals surface area contributed by atoms with Gasteiger partial charge in [0.2, 0.25) is 5.91 Å². The molecule has 18 heavy (non-hydrogen) atoms. The Kier molecular flexibility index (Phi) is 11.6. The number of hydrogen-bond donors (Lipinski definition) is 3. The molecule has 0 aromatic carbocycles. The van der Waals surface area contributed by atoms with E-state index in [4.69, 9.17) is 10.8 Å². The molecular formula is C13H28N2O2S. The first-order chi connectivity index (χ1) is 8.57. The fraction of sp³-hybridized carbons (Fsp3) is 0.923. The Labute approximate surface area is 115 Å². The Morgan fingerprint density at radius 2 is 2.00 bits per heavy atom. The maximum Gasteiger partial charge on any atom is 0.222 e. The monoisotopic (exact) mass is 276 g/mol. The SMILES string of the molecule is CC(N)CCCC(C)C(=O)NCCSCCCO. The van der Waals surface area contributed by atoms with Gasteiger partial charge in [-0.3, -0.25) is 4.79 Å². The third-order valence-electron chi connectivity index (χ3n) is 2.74. The second kappa shape index (κ2) is 11.8. The van der Waals surface area contributed by atoms with E-state index in [9.17, 15) is 4.79 Å². The average Bonchev–Trinajstić information content (AvgIpc) is 2.32. The van der Waals surface area contributed by atoms with Crippen LogP contribution in [0.4, 0.5) is 0 Å². The highest BCUT2D eigenvalue weighted by atomic mass is 32.2. The molecule has 108 valence electrons. The van der Waals surface area contributed by atoms with Crippen molar-refractivity contribution in [2.75, 3.05) is 24.7 Å². The minimum Gasteiger partial charge on any atom is -0.396 e. The number of amides is 1. The number of nitrogens with one attached hydrogen (secondary N) is 1. The molecule has 1 amide bonds. The van der Waals surface area contributed by atoms with E-state index < -0.39 is 0 Å². The normalized spacial score (nSPS) is 14.2. The van der Waals surface area contributed by atoms with Gasteiger partial charge in [0.25, 0.3) is 0 Å². The van der Waals surface area contributed by atoms with Crippen LogP contribution in [0.2, 0.25) is 0 Å². The van der Waals surface area contributed by atoms with Crippen LogP contribution in [0, 0.1) is 5.92 Å². The molecule has 0 aromatic heterocycles. The molecule has 0 saturated heterocycles. The van der Waals surface area contributed by atoms with Crippen LogP contribution >= 0.6 is 11.8 Å². The highest BCUT2D eigenvalue weighted by Crippen LogP contribution is 2.09. The van der Waals surface area contributed by atoms with Gasteiger partial charge in [0.1, 0.15) is 0 Å². The molecule has 4 N–H and O–H groups in total. The molecule has 5 heteroatoms. The Bertz CT molecular complexity index is 213. The van der Waals surface area contributed by atoms with Crippen LogP contribution in [0.3, 0.4) is 0 Å². The molecule has 0 radical (unpaired) electrons. The molecule has 0 aliphatic heterocycles. The van der Waals surface area contributed by atoms with E-state index in [2.05, 4.69) is 5.32 Å². The first-order valence-electron chi connectivity index (χ1n) is 6.79. The molecule has 0 spiro atoms. The predicted octanol–water partition coefficient (Wildman–Crippen LogP) is 1.37. The number of hydrogen-bond acceptors (Lipinski definition) is 4. The molecule has 2 atom stereocenters. The predicted molar refractivity (Wildman–Crippen MR) is 78.7 cm³/mol. The zero-order valence-electron chi connectivity index (χ0n) is 11.7. The van der Waals surface area contributed by atoms with Gasteiger partial charge in [0.15, 0.2) is 0 Å². The van der Waals surface area contributed by atoms with Gasteiger partial charge in [-0.1, -0.05) is 13.3 Å². The van der Waals surface area contributed by atoms with Gasteiger partial charge in [-0.2, -0.15) is 11.8 Å². The second-order valence-electron chi connectivity index (χ2n) is 4.79. The molecule has 0 bridgehead atoms. The molecule has 4 nitrogen and oxygen atoms in total. The van der Waals surface area contributed by atoms with E-state index in [1.54, 1.807) is 11.8 Å². The summed E-state index contributed by atoms with van der Waals surface area (Å²) in [6.45, 7) is 4.92. The Balaban J connectivity index is 3.44. The minimum atomic E-state index is 0.0752. The van der Waals surface area contributed by atoms with Crippen molar-refractivity contribution in [1.82, 2.24) is 5.32 Å². The van der Waals surface area contributed by atoms with Crippen LogP contribution in [0.25, 0.3) is 0 Å². The van der Waals surface area contributed by atoms with E-state index >= 15 is 0 Å². The molecule has 0 rings (SSSR count). The average molecular weight is 276 g/mol. The van der Waals surface area contributed by atoms with Gasteiger partial charge in [0.05, 0.1) is 0 Å². The molecule has 0 aliphatic rings. The van der Waals surface area contributed by atoms with Crippen molar-refractivity contribution in [1.29, 1.82) is 0 Å². The number of thioether (sulfide) groups is 1. The number of nitrogens with two attached hydrogens (primary N) is 1. The van der Waals surface area contributed by atoms with Gasteiger partial charge in [0, 0.05) is 30.9 Å². The van der Waals surface area contributed by atoms with E-state index in [1.165, 1.54) is 0 Å². The number of aliphatic hydroxyl groups is 1. The van der Waals surface area contributed by atoms with E-state index in [0.29, 0.717) is 6.54 Å². The standard InChI is InChI=1S/C13H28N2O2S/c1-11(5-3-6-12(2)14)13(17)15-7-10-18-9-4-8-16/h11-12,16H,3-10,14H2,1-2H3,(H,15,17). The molecule has 0 aliphatic carbocycles. The number of aliphatic hydroxyl groups excluding tert-OH is 1. The highest BCUT2D eigenvalue weighted by Gasteiger charge is 2.11. The summed E-state index contributed by atoms with van der Waals surface area (Å²) in [5, 5.41) is 11.6. The summed E-state index contributed by atoms with van der Waals surface area (Å²) in [5.41, 5.74) is 5.67. The Morgan fingerprint density at radius 3 is 2.61 bits per heavy atom. The smallest absolute Gasteiger partial charge is 0.222 e. The fourth-order valence-corrected chi connectivity index (χ4v) is 2.35. The highest BCUT2D eigenvalue weighted by molar-refractivity contribution is 7.99. The van der Waals surface area contributed by atoms with Gasteiger partial charge in [-0.15, -0.1) is 0 Å².